The molecule has 0 saturated carbocycles. The molecule has 23 heavy (non-hydrogen) atoms. The summed E-state index contributed by atoms with van der Waals surface area (Å²) in [7, 11) is 1.92. The Balaban J connectivity index is 1.59. The number of nitrogens with one attached hydrogen (secondary N) is 2. The number of hydrogen-bond donors (Lipinski definition) is 2. The van der Waals surface area contributed by atoms with Gasteiger partial charge in [0.25, 0.3) is 0 Å². The molecule has 0 amide bonds. The molecular weight excluding hydrogens is 290 g/mol. The average Bonchev–Trinajstić information content (AvgIpc) is 3.20. The monoisotopic (exact) mass is 311 g/mol. The molecule has 0 spiro atoms. The highest BCUT2D eigenvalue weighted by Crippen LogP contribution is 2.23. The second-order valence-electron chi connectivity index (χ2n) is 6.09. The number of nitrogens with zero attached hydrogens (tertiary/aromatic N) is 5. The number of rotatable bonds is 4. The van der Waals surface area contributed by atoms with Gasteiger partial charge in [0.2, 0.25) is 0 Å². The van der Waals surface area contributed by atoms with E-state index < -0.39 is 0 Å². The Labute approximate surface area is 134 Å². The van der Waals surface area contributed by atoms with E-state index in [1.54, 1.807) is 4.68 Å². The minimum atomic E-state index is 0.700. The van der Waals surface area contributed by atoms with Crippen LogP contribution in [0.25, 0.3) is 16.9 Å². The van der Waals surface area contributed by atoms with Crippen molar-refractivity contribution in [3.8, 4) is 11.3 Å². The van der Waals surface area contributed by atoms with Crippen molar-refractivity contribution in [2.24, 2.45) is 13.0 Å². The molecule has 7 heteroatoms. The van der Waals surface area contributed by atoms with E-state index in [2.05, 4.69) is 30.1 Å². The highest BCUT2D eigenvalue weighted by molar-refractivity contribution is 5.69. The van der Waals surface area contributed by atoms with Crippen LogP contribution in [0.2, 0.25) is 0 Å². The van der Waals surface area contributed by atoms with E-state index in [0.29, 0.717) is 5.92 Å². The molecule has 0 aromatic carbocycles. The highest BCUT2D eigenvalue weighted by atomic mass is 15.2. The second kappa shape index (κ2) is 6.00. The maximum absolute atomic E-state index is 4.56. The molecule has 0 bridgehead atoms. The van der Waals surface area contributed by atoms with Crippen molar-refractivity contribution in [2.45, 2.75) is 12.8 Å². The predicted octanol–water partition coefficient (Wildman–Crippen LogP) is 1.54. The summed E-state index contributed by atoms with van der Waals surface area (Å²) >= 11 is 0. The number of fused-ring (bicyclic) bond motifs is 1. The van der Waals surface area contributed by atoms with Crippen LogP contribution < -0.4 is 10.6 Å². The minimum absolute atomic E-state index is 0.700. The lowest BCUT2D eigenvalue weighted by Crippen LogP contribution is -2.31. The average molecular weight is 311 g/mol. The number of aromatic nitrogens is 5. The van der Waals surface area contributed by atoms with E-state index in [4.69, 9.17) is 0 Å². The summed E-state index contributed by atoms with van der Waals surface area (Å²) in [5.74, 6) is 1.55. The molecule has 4 rings (SSSR count). The first kappa shape index (κ1) is 14.2. The summed E-state index contributed by atoms with van der Waals surface area (Å²) in [6.45, 7) is 3.17. The fourth-order valence-corrected chi connectivity index (χ4v) is 3.14. The third-order valence-electron chi connectivity index (χ3n) is 4.45. The number of aryl methyl sites for hydroxylation is 1. The summed E-state index contributed by atoms with van der Waals surface area (Å²) in [4.78, 5) is 9.03. The van der Waals surface area contributed by atoms with Crippen LogP contribution >= 0.6 is 0 Å². The Morgan fingerprint density at radius 1 is 1.26 bits per heavy atom. The molecule has 0 radical (unpaired) electrons. The van der Waals surface area contributed by atoms with Gasteiger partial charge in [-0.3, -0.25) is 9.08 Å². The summed E-state index contributed by atoms with van der Waals surface area (Å²) in [5, 5.41) is 11.1. The van der Waals surface area contributed by atoms with Crippen LogP contribution in [0.1, 0.15) is 12.8 Å². The third-order valence-corrected chi connectivity index (χ3v) is 4.45. The minimum Gasteiger partial charge on any atom is -0.367 e. The molecule has 3 aromatic heterocycles. The van der Waals surface area contributed by atoms with Crippen LogP contribution in [0.4, 0.5) is 5.82 Å². The predicted molar refractivity (Wildman–Crippen MR) is 89.3 cm³/mol. The standard InChI is InChI=1S/C16H21N7/c1-22-11-13(9-21-22)14-10-20-16-15(18-6-7-23(14)16)19-8-12-2-4-17-5-3-12/h6-7,9-12,17H,2-5,8H2,1H3,(H,18,19). The van der Waals surface area contributed by atoms with Crippen molar-refractivity contribution in [3.05, 3.63) is 31.0 Å². The number of imidazole rings is 1. The first-order chi connectivity index (χ1) is 11.3. The molecule has 7 nitrogen and oxygen atoms in total. The molecule has 120 valence electrons. The fraction of sp³-hybridized carbons (Fsp3) is 0.438. The van der Waals surface area contributed by atoms with E-state index in [0.717, 1.165) is 42.4 Å². The Bertz CT molecular complexity index is 798. The van der Waals surface area contributed by atoms with Gasteiger partial charge in [-0.1, -0.05) is 0 Å². The molecule has 1 fully saturated rings. The van der Waals surface area contributed by atoms with Crippen molar-refractivity contribution in [3.63, 3.8) is 0 Å². The summed E-state index contributed by atoms with van der Waals surface area (Å²) < 4.78 is 3.86. The highest BCUT2D eigenvalue weighted by Gasteiger charge is 2.15. The molecule has 0 aliphatic carbocycles. The first-order valence-corrected chi connectivity index (χ1v) is 8.07. The molecular formula is C16H21N7. The lowest BCUT2D eigenvalue weighted by Gasteiger charge is -2.23. The summed E-state index contributed by atoms with van der Waals surface area (Å²) in [6, 6.07) is 0. The van der Waals surface area contributed by atoms with Gasteiger partial charge < -0.3 is 10.6 Å². The Hall–Kier alpha value is -2.41. The zero-order valence-corrected chi connectivity index (χ0v) is 13.2. The third kappa shape index (κ3) is 2.79. The molecule has 1 saturated heterocycles. The number of hydrogen-bond acceptors (Lipinski definition) is 5. The maximum Gasteiger partial charge on any atom is 0.180 e. The van der Waals surface area contributed by atoms with Gasteiger partial charge in [-0.15, -0.1) is 0 Å². The van der Waals surface area contributed by atoms with Crippen LogP contribution in [0, 0.1) is 5.92 Å². The van der Waals surface area contributed by atoms with Gasteiger partial charge in [-0.25, -0.2) is 9.97 Å². The quantitative estimate of drug-likeness (QED) is 0.765. The van der Waals surface area contributed by atoms with Crippen molar-refractivity contribution >= 4 is 11.5 Å². The van der Waals surface area contributed by atoms with Gasteiger partial charge >= 0.3 is 0 Å². The van der Waals surface area contributed by atoms with Crippen molar-refractivity contribution < 1.29 is 0 Å². The van der Waals surface area contributed by atoms with Crippen molar-refractivity contribution in [1.29, 1.82) is 0 Å². The van der Waals surface area contributed by atoms with Crippen LogP contribution in [0.5, 0.6) is 0 Å². The number of anilines is 1. The van der Waals surface area contributed by atoms with Crippen molar-refractivity contribution in [2.75, 3.05) is 25.0 Å². The van der Waals surface area contributed by atoms with E-state index in [-0.39, 0.29) is 0 Å². The van der Waals surface area contributed by atoms with Crippen LogP contribution in [0.3, 0.4) is 0 Å². The molecule has 4 heterocycles. The Morgan fingerprint density at radius 3 is 2.91 bits per heavy atom. The van der Waals surface area contributed by atoms with Gasteiger partial charge in [0, 0.05) is 37.7 Å². The second-order valence-corrected chi connectivity index (χ2v) is 6.09. The van der Waals surface area contributed by atoms with Gasteiger partial charge in [0.1, 0.15) is 0 Å². The van der Waals surface area contributed by atoms with Gasteiger partial charge in [-0.2, -0.15) is 5.10 Å². The Morgan fingerprint density at radius 2 is 2.13 bits per heavy atom. The summed E-state index contributed by atoms with van der Waals surface area (Å²) in [6.07, 6.45) is 11.9. The lowest BCUT2D eigenvalue weighted by molar-refractivity contribution is 0.389. The first-order valence-electron chi connectivity index (χ1n) is 8.07. The Kier molecular flexibility index (Phi) is 3.70. The molecule has 1 aliphatic heterocycles. The van der Waals surface area contributed by atoms with E-state index in [1.807, 2.05) is 38.0 Å². The van der Waals surface area contributed by atoms with Crippen LogP contribution in [0.15, 0.2) is 31.0 Å². The van der Waals surface area contributed by atoms with E-state index >= 15 is 0 Å². The summed E-state index contributed by atoms with van der Waals surface area (Å²) in [5.41, 5.74) is 2.94. The van der Waals surface area contributed by atoms with Crippen LogP contribution in [-0.4, -0.2) is 43.8 Å². The smallest absolute Gasteiger partial charge is 0.180 e. The van der Waals surface area contributed by atoms with Gasteiger partial charge in [0.15, 0.2) is 11.5 Å². The van der Waals surface area contributed by atoms with Gasteiger partial charge in [-0.05, 0) is 31.8 Å². The molecule has 3 aromatic rings. The SMILES string of the molecule is Cn1cc(-c2cnc3c(NCC4CCNCC4)nccn23)cn1. The zero-order valence-electron chi connectivity index (χ0n) is 13.2. The normalized spacial score (nSPS) is 16.0. The molecule has 2 N–H and O–H groups in total. The van der Waals surface area contributed by atoms with Crippen LogP contribution in [-0.2, 0) is 7.05 Å². The van der Waals surface area contributed by atoms with Gasteiger partial charge in [0.05, 0.1) is 18.1 Å². The zero-order chi connectivity index (χ0) is 15.6. The molecule has 1 aliphatic rings. The van der Waals surface area contributed by atoms with E-state index in [9.17, 15) is 0 Å². The maximum atomic E-state index is 4.56. The largest absolute Gasteiger partial charge is 0.367 e. The van der Waals surface area contributed by atoms with E-state index in [1.165, 1.54) is 12.8 Å². The lowest BCUT2D eigenvalue weighted by atomic mass is 9.98. The molecule has 0 unspecified atom stereocenters. The van der Waals surface area contributed by atoms with Crippen molar-refractivity contribution in [1.82, 2.24) is 29.5 Å². The molecule has 0 atom stereocenters. The fourth-order valence-electron chi connectivity index (χ4n) is 3.14. The topological polar surface area (TPSA) is 72.1 Å². The number of piperidine rings is 1.